The van der Waals surface area contributed by atoms with Crippen LogP contribution in [0.15, 0.2) is 94.4 Å². The first kappa shape index (κ1) is 21.1. The van der Waals surface area contributed by atoms with Crippen molar-refractivity contribution in [1.82, 2.24) is 9.55 Å². The third kappa shape index (κ3) is 3.22. The summed E-state index contributed by atoms with van der Waals surface area (Å²) in [7, 11) is 1.67. The van der Waals surface area contributed by atoms with Gasteiger partial charge in [0.1, 0.15) is 5.75 Å². The number of hydrogen-bond acceptors (Lipinski definition) is 4. The molecule has 6 heteroatoms. The molecule has 3 heterocycles. The van der Waals surface area contributed by atoms with E-state index >= 15 is 0 Å². The molecule has 0 saturated heterocycles. The summed E-state index contributed by atoms with van der Waals surface area (Å²) in [6.07, 6.45) is 5.75. The molecule has 5 nitrogen and oxygen atoms in total. The maximum atomic E-state index is 14.0. The SMILES string of the molecule is COc1cccc([C@@H]2C3=C(N=c4sc(=Cc5c[nH]c6ccccc56)c(=O)n42)c2ccccc2CC3)c1. The lowest BCUT2D eigenvalue weighted by Crippen LogP contribution is -2.38. The summed E-state index contributed by atoms with van der Waals surface area (Å²) in [4.78, 5) is 23.1. The minimum atomic E-state index is -0.218. The molecule has 0 amide bonds. The average Bonchev–Trinajstić information content (AvgIpc) is 3.48. The predicted molar refractivity (Wildman–Crippen MR) is 144 cm³/mol. The number of para-hydroxylation sites is 1. The van der Waals surface area contributed by atoms with Gasteiger partial charge in [-0.1, -0.05) is 65.9 Å². The number of hydrogen-bond donors (Lipinski definition) is 1. The minimum Gasteiger partial charge on any atom is -0.497 e. The molecule has 7 rings (SSSR count). The second-order valence-electron chi connectivity index (χ2n) is 9.18. The molecule has 0 bridgehead atoms. The topological polar surface area (TPSA) is 59.4 Å². The third-order valence-electron chi connectivity index (χ3n) is 7.19. The van der Waals surface area contributed by atoms with Crippen molar-refractivity contribution in [2.75, 3.05) is 7.11 Å². The summed E-state index contributed by atoms with van der Waals surface area (Å²) in [6, 6.07) is 24.5. The second-order valence-corrected chi connectivity index (χ2v) is 10.2. The Balaban J connectivity index is 1.50. The van der Waals surface area contributed by atoms with Gasteiger partial charge in [0.05, 0.1) is 23.4 Å². The number of methoxy groups -OCH3 is 1. The Hall–Kier alpha value is -4.16. The monoisotopic (exact) mass is 489 g/mol. The second kappa shape index (κ2) is 8.21. The molecule has 3 aromatic carbocycles. The van der Waals surface area contributed by atoms with Crippen molar-refractivity contribution in [1.29, 1.82) is 0 Å². The molecule has 2 aliphatic rings. The van der Waals surface area contributed by atoms with E-state index in [9.17, 15) is 4.79 Å². The van der Waals surface area contributed by atoms with Gasteiger partial charge in [-0.3, -0.25) is 9.36 Å². The molecule has 1 atom stereocenters. The van der Waals surface area contributed by atoms with Crippen LogP contribution >= 0.6 is 11.3 Å². The lowest BCUT2D eigenvalue weighted by Gasteiger charge is -2.31. The van der Waals surface area contributed by atoms with Gasteiger partial charge in [0.2, 0.25) is 0 Å². The van der Waals surface area contributed by atoms with Crippen LogP contribution in [0.4, 0.5) is 0 Å². The standard InChI is InChI=1S/C30H23N3O2S/c1-35-21-9-6-8-19(15-21)28-24-14-13-18-7-2-3-11-23(18)27(24)32-30-33(28)29(34)26(36-30)16-20-17-31-25-12-5-4-10-22(20)25/h2-12,15-17,28,31H,13-14H2,1H3/t28-/m1/s1. The molecule has 0 spiro atoms. The Bertz CT molecular complexity index is 1870. The molecule has 0 saturated carbocycles. The quantitative estimate of drug-likeness (QED) is 0.396. The Morgan fingerprint density at radius 3 is 2.83 bits per heavy atom. The fraction of sp³-hybridized carbons (Fsp3) is 0.133. The fourth-order valence-corrected chi connectivity index (χ4v) is 6.48. The lowest BCUT2D eigenvalue weighted by molar-refractivity contribution is 0.413. The molecule has 0 radical (unpaired) electrons. The normalized spacial score (nSPS) is 16.9. The van der Waals surface area contributed by atoms with Crippen LogP contribution in [-0.4, -0.2) is 16.7 Å². The van der Waals surface area contributed by atoms with E-state index in [4.69, 9.17) is 9.73 Å². The number of benzene rings is 3. The Morgan fingerprint density at radius 1 is 1.06 bits per heavy atom. The Morgan fingerprint density at radius 2 is 1.92 bits per heavy atom. The van der Waals surface area contributed by atoms with Crippen molar-refractivity contribution in [2.24, 2.45) is 4.99 Å². The number of aromatic nitrogens is 2. The van der Waals surface area contributed by atoms with Crippen molar-refractivity contribution in [3.63, 3.8) is 0 Å². The van der Waals surface area contributed by atoms with Crippen LogP contribution in [-0.2, 0) is 6.42 Å². The van der Waals surface area contributed by atoms with E-state index in [1.165, 1.54) is 28.0 Å². The minimum absolute atomic E-state index is 0.0118. The first-order chi connectivity index (χ1) is 17.7. The highest BCUT2D eigenvalue weighted by atomic mass is 32.1. The van der Waals surface area contributed by atoms with Crippen LogP contribution in [0.25, 0.3) is 22.7 Å². The molecule has 1 aliphatic heterocycles. The van der Waals surface area contributed by atoms with Crippen LogP contribution in [0.1, 0.15) is 34.7 Å². The van der Waals surface area contributed by atoms with Gasteiger partial charge in [0.15, 0.2) is 4.80 Å². The highest BCUT2D eigenvalue weighted by molar-refractivity contribution is 7.07. The molecule has 5 aromatic rings. The highest BCUT2D eigenvalue weighted by Crippen LogP contribution is 2.41. The molecular weight excluding hydrogens is 466 g/mol. The van der Waals surface area contributed by atoms with Crippen molar-refractivity contribution < 1.29 is 4.74 Å². The molecule has 1 aliphatic carbocycles. The molecule has 2 aromatic heterocycles. The molecular formula is C30H23N3O2S. The zero-order chi connectivity index (χ0) is 24.2. The number of thiazole rings is 1. The number of nitrogens with zero attached hydrogens (tertiary/aromatic N) is 2. The zero-order valence-electron chi connectivity index (χ0n) is 19.7. The smallest absolute Gasteiger partial charge is 0.271 e. The van der Waals surface area contributed by atoms with Gasteiger partial charge < -0.3 is 9.72 Å². The number of nitrogens with one attached hydrogen (secondary N) is 1. The van der Waals surface area contributed by atoms with Gasteiger partial charge in [-0.15, -0.1) is 0 Å². The Labute approximate surface area is 211 Å². The van der Waals surface area contributed by atoms with Crippen molar-refractivity contribution in [3.05, 3.63) is 127 Å². The van der Waals surface area contributed by atoms with E-state index in [0.29, 0.717) is 4.53 Å². The maximum Gasteiger partial charge on any atom is 0.271 e. The van der Waals surface area contributed by atoms with Crippen LogP contribution in [0, 0.1) is 0 Å². The molecule has 1 N–H and O–H groups in total. The van der Waals surface area contributed by atoms with Gasteiger partial charge in [-0.05, 0) is 53.8 Å². The van der Waals surface area contributed by atoms with Crippen LogP contribution < -0.4 is 19.6 Å². The largest absolute Gasteiger partial charge is 0.497 e. The van der Waals surface area contributed by atoms with Crippen LogP contribution in [0.5, 0.6) is 5.75 Å². The lowest BCUT2D eigenvalue weighted by atomic mass is 9.83. The summed E-state index contributed by atoms with van der Waals surface area (Å²) < 4.78 is 8.10. The molecule has 0 fully saturated rings. The Kier molecular flexibility index (Phi) is 4.82. The van der Waals surface area contributed by atoms with E-state index in [2.05, 4.69) is 41.4 Å². The molecule has 176 valence electrons. The highest BCUT2D eigenvalue weighted by Gasteiger charge is 2.32. The summed E-state index contributed by atoms with van der Waals surface area (Å²) in [5.41, 5.74) is 7.75. The molecule has 0 unspecified atom stereocenters. The fourth-order valence-electron chi connectivity index (χ4n) is 5.49. The maximum absolute atomic E-state index is 14.0. The number of allylic oxidation sites excluding steroid dienone is 1. The van der Waals surface area contributed by atoms with Crippen molar-refractivity contribution >= 4 is 34.0 Å². The molecule has 36 heavy (non-hydrogen) atoms. The van der Waals surface area contributed by atoms with Gasteiger partial charge in [-0.25, -0.2) is 4.99 Å². The van der Waals surface area contributed by atoms with Crippen molar-refractivity contribution in [2.45, 2.75) is 18.9 Å². The predicted octanol–water partition coefficient (Wildman–Crippen LogP) is 4.81. The average molecular weight is 490 g/mol. The number of aromatic amines is 1. The van der Waals surface area contributed by atoms with Gasteiger partial charge in [-0.2, -0.15) is 0 Å². The van der Waals surface area contributed by atoms with Crippen LogP contribution in [0.3, 0.4) is 0 Å². The van der Waals surface area contributed by atoms with Gasteiger partial charge >= 0.3 is 0 Å². The van der Waals surface area contributed by atoms with E-state index < -0.39 is 0 Å². The number of aryl methyl sites for hydroxylation is 1. The summed E-state index contributed by atoms with van der Waals surface area (Å²) in [5, 5.41) is 1.10. The summed E-state index contributed by atoms with van der Waals surface area (Å²) in [5.74, 6) is 0.781. The first-order valence-corrected chi connectivity index (χ1v) is 12.9. The van der Waals surface area contributed by atoms with E-state index in [-0.39, 0.29) is 11.6 Å². The van der Waals surface area contributed by atoms with E-state index in [1.807, 2.05) is 53.2 Å². The number of ether oxygens (including phenoxy) is 1. The summed E-state index contributed by atoms with van der Waals surface area (Å²) >= 11 is 1.46. The number of fused-ring (bicyclic) bond motifs is 4. The van der Waals surface area contributed by atoms with Gasteiger partial charge in [0, 0.05) is 28.2 Å². The first-order valence-electron chi connectivity index (χ1n) is 12.0. The van der Waals surface area contributed by atoms with Crippen molar-refractivity contribution in [3.8, 4) is 5.75 Å². The van der Waals surface area contributed by atoms with Crippen LogP contribution in [0.2, 0.25) is 0 Å². The number of H-pyrrole nitrogens is 1. The summed E-state index contributed by atoms with van der Waals surface area (Å²) in [6.45, 7) is 0. The number of rotatable bonds is 3. The zero-order valence-corrected chi connectivity index (χ0v) is 20.5. The van der Waals surface area contributed by atoms with E-state index in [1.54, 1.807) is 7.11 Å². The third-order valence-corrected chi connectivity index (χ3v) is 8.17. The van der Waals surface area contributed by atoms with E-state index in [0.717, 1.165) is 51.1 Å². The van der Waals surface area contributed by atoms with Gasteiger partial charge in [0.25, 0.3) is 5.56 Å².